The summed E-state index contributed by atoms with van der Waals surface area (Å²) in [5.74, 6) is 0.823. The van der Waals surface area contributed by atoms with Crippen LogP contribution in [0.5, 0.6) is 0 Å². The quantitative estimate of drug-likeness (QED) is 0.545. The van der Waals surface area contributed by atoms with Crippen molar-refractivity contribution >= 4 is 23.2 Å². The van der Waals surface area contributed by atoms with Gasteiger partial charge in [-0.2, -0.15) is 0 Å². The largest absolute Gasteiger partial charge is 0.106 e. The summed E-state index contributed by atoms with van der Waals surface area (Å²) in [6.07, 6.45) is 4.65. The van der Waals surface area contributed by atoms with E-state index < -0.39 is 0 Å². The van der Waals surface area contributed by atoms with Crippen molar-refractivity contribution in [2.24, 2.45) is 11.3 Å². The smallest absolute Gasteiger partial charge is 0.0709 e. The van der Waals surface area contributed by atoms with Crippen molar-refractivity contribution in [2.45, 2.75) is 46.5 Å². The Morgan fingerprint density at radius 1 is 1.15 bits per heavy atom. The predicted molar refractivity (Wildman–Crippen MR) is 60.1 cm³/mol. The van der Waals surface area contributed by atoms with Crippen LogP contribution in [0.2, 0.25) is 0 Å². The van der Waals surface area contributed by atoms with E-state index in [1.807, 2.05) is 0 Å². The van der Waals surface area contributed by atoms with Crippen molar-refractivity contribution in [1.82, 2.24) is 0 Å². The van der Waals surface area contributed by atoms with Crippen LogP contribution in [0.4, 0.5) is 0 Å². The van der Waals surface area contributed by atoms with Crippen molar-refractivity contribution in [3.8, 4) is 0 Å². The van der Waals surface area contributed by atoms with E-state index in [2.05, 4.69) is 20.8 Å². The topological polar surface area (TPSA) is 0 Å². The highest BCUT2D eigenvalue weighted by Crippen LogP contribution is 2.41. The van der Waals surface area contributed by atoms with Gasteiger partial charge >= 0.3 is 0 Å². The molecule has 2 heteroatoms. The molecule has 1 aliphatic rings. The third-order valence-corrected chi connectivity index (χ3v) is 3.62. The zero-order chi connectivity index (χ0) is 10.1. The third-order valence-electron chi connectivity index (χ3n) is 3.08. The maximum atomic E-state index is 5.76. The van der Waals surface area contributed by atoms with Crippen molar-refractivity contribution < 1.29 is 0 Å². The molecule has 0 atom stereocenters. The zero-order valence-corrected chi connectivity index (χ0v) is 10.2. The molecule has 0 unspecified atom stereocenters. The molecule has 0 spiro atoms. The van der Waals surface area contributed by atoms with Crippen LogP contribution in [0.1, 0.15) is 46.5 Å². The molecule has 0 aromatic rings. The molecule has 1 rings (SSSR count). The van der Waals surface area contributed by atoms with Gasteiger partial charge < -0.3 is 0 Å². The minimum atomic E-state index is 0.435. The normalized spacial score (nSPS) is 24.7. The fourth-order valence-electron chi connectivity index (χ4n) is 2.02. The van der Waals surface area contributed by atoms with Crippen LogP contribution in [-0.4, -0.2) is 0 Å². The summed E-state index contributed by atoms with van der Waals surface area (Å²) >= 11 is 11.5. The number of halogens is 2. The second-order valence-electron chi connectivity index (χ2n) is 5.00. The first-order chi connectivity index (χ1) is 5.91. The highest BCUT2D eigenvalue weighted by Gasteiger charge is 2.27. The molecular weight excluding hydrogens is 203 g/mol. The first-order valence-corrected chi connectivity index (χ1v) is 5.70. The maximum Gasteiger partial charge on any atom is 0.106 e. The van der Waals surface area contributed by atoms with E-state index in [-0.39, 0.29) is 0 Å². The Labute approximate surface area is 91.3 Å². The lowest BCUT2D eigenvalue weighted by Gasteiger charge is -2.34. The highest BCUT2D eigenvalue weighted by molar-refractivity contribution is 6.56. The lowest BCUT2D eigenvalue weighted by Crippen LogP contribution is -2.23. The van der Waals surface area contributed by atoms with Gasteiger partial charge in [0.15, 0.2) is 0 Å². The summed E-state index contributed by atoms with van der Waals surface area (Å²) in [6.45, 7) is 6.94. The molecule has 0 radical (unpaired) electrons. The molecule has 0 aliphatic heterocycles. The number of allylic oxidation sites excluding steroid dienone is 1. The van der Waals surface area contributed by atoms with E-state index in [4.69, 9.17) is 23.2 Å². The Morgan fingerprint density at radius 2 is 1.62 bits per heavy atom. The van der Waals surface area contributed by atoms with Crippen LogP contribution in [0.3, 0.4) is 0 Å². The second kappa shape index (κ2) is 4.23. The van der Waals surface area contributed by atoms with Gasteiger partial charge in [-0.05, 0) is 42.6 Å². The maximum absolute atomic E-state index is 5.76. The summed E-state index contributed by atoms with van der Waals surface area (Å²) in [6, 6.07) is 0. The van der Waals surface area contributed by atoms with Crippen molar-refractivity contribution in [2.75, 3.05) is 0 Å². The average molecular weight is 221 g/mol. The first-order valence-electron chi connectivity index (χ1n) is 4.94. The molecule has 0 N–H and O–H groups in total. The van der Waals surface area contributed by atoms with Gasteiger partial charge in [0.05, 0.1) is 0 Å². The molecule has 0 saturated heterocycles. The van der Waals surface area contributed by atoms with E-state index in [0.717, 1.165) is 18.8 Å². The Hall–Kier alpha value is 0.320. The van der Waals surface area contributed by atoms with E-state index in [1.165, 1.54) is 18.4 Å². The van der Waals surface area contributed by atoms with Crippen molar-refractivity contribution in [3.05, 3.63) is 10.1 Å². The SMILES string of the molecule is CC(C)(C)C1CCC(=C(Cl)Cl)CC1. The van der Waals surface area contributed by atoms with Crippen LogP contribution in [-0.2, 0) is 0 Å². The summed E-state index contributed by atoms with van der Waals surface area (Å²) in [4.78, 5) is 0. The summed E-state index contributed by atoms with van der Waals surface area (Å²) in [5, 5.41) is 0. The molecule has 76 valence electrons. The summed E-state index contributed by atoms with van der Waals surface area (Å²) < 4.78 is 0.507. The third kappa shape index (κ3) is 3.18. The zero-order valence-electron chi connectivity index (χ0n) is 8.66. The van der Waals surface area contributed by atoms with E-state index in [0.29, 0.717) is 9.91 Å². The van der Waals surface area contributed by atoms with E-state index >= 15 is 0 Å². The van der Waals surface area contributed by atoms with E-state index in [1.54, 1.807) is 0 Å². The number of hydrogen-bond acceptors (Lipinski definition) is 0. The molecule has 0 aromatic heterocycles. The first kappa shape index (κ1) is 11.4. The summed E-state index contributed by atoms with van der Waals surface area (Å²) in [7, 11) is 0. The second-order valence-corrected chi connectivity index (χ2v) is 5.95. The minimum absolute atomic E-state index is 0.435. The van der Waals surface area contributed by atoms with Gasteiger partial charge in [0, 0.05) is 0 Å². The van der Waals surface area contributed by atoms with Crippen LogP contribution in [0.15, 0.2) is 10.1 Å². The van der Waals surface area contributed by atoms with Gasteiger partial charge in [-0.1, -0.05) is 44.0 Å². The molecule has 0 nitrogen and oxygen atoms in total. The molecule has 0 amide bonds. The minimum Gasteiger partial charge on any atom is -0.0709 e. The molecule has 1 aliphatic carbocycles. The van der Waals surface area contributed by atoms with Crippen LogP contribution >= 0.6 is 23.2 Å². The fraction of sp³-hybridized carbons (Fsp3) is 0.818. The standard InChI is InChI=1S/C11H18Cl2/c1-11(2,3)9-6-4-8(5-7-9)10(12)13/h9H,4-7H2,1-3H3. The van der Waals surface area contributed by atoms with E-state index in [9.17, 15) is 0 Å². The Morgan fingerprint density at radius 3 is 1.92 bits per heavy atom. The van der Waals surface area contributed by atoms with Crippen LogP contribution in [0.25, 0.3) is 0 Å². The molecule has 0 bridgehead atoms. The molecule has 1 fully saturated rings. The van der Waals surface area contributed by atoms with Gasteiger partial charge in [-0.25, -0.2) is 0 Å². The highest BCUT2D eigenvalue weighted by atomic mass is 35.5. The lowest BCUT2D eigenvalue weighted by molar-refractivity contribution is 0.197. The molecule has 13 heavy (non-hydrogen) atoms. The van der Waals surface area contributed by atoms with Gasteiger partial charge in [0.25, 0.3) is 0 Å². The summed E-state index contributed by atoms with van der Waals surface area (Å²) in [5.41, 5.74) is 1.69. The average Bonchev–Trinajstić information content (AvgIpc) is 2.03. The van der Waals surface area contributed by atoms with Crippen LogP contribution in [0, 0.1) is 11.3 Å². The lowest BCUT2D eigenvalue weighted by atomic mass is 9.71. The molecule has 1 saturated carbocycles. The monoisotopic (exact) mass is 220 g/mol. The van der Waals surface area contributed by atoms with Gasteiger partial charge in [-0.15, -0.1) is 0 Å². The predicted octanol–water partition coefficient (Wildman–Crippen LogP) is 4.91. The van der Waals surface area contributed by atoms with Crippen LogP contribution < -0.4 is 0 Å². The number of rotatable bonds is 0. The molecular formula is C11H18Cl2. The van der Waals surface area contributed by atoms with Gasteiger partial charge in [0.2, 0.25) is 0 Å². The Bertz CT molecular complexity index is 197. The van der Waals surface area contributed by atoms with Gasteiger partial charge in [0.1, 0.15) is 4.49 Å². The molecule has 0 heterocycles. The van der Waals surface area contributed by atoms with Crippen molar-refractivity contribution in [1.29, 1.82) is 0 Å². The Balaban J connectivity index is 2.54. The Kier molecular flexibility index (Phi) is 3.71. The van der Waals surface area contributed by atoms with Gasteiger partial charge in [-0.3, -0.25) is 0 Å². The molecule has 0 aromatic carbocycles. The van der Waals surface area contributed by atoms with Crippen molar-refractivity contribution in [3.63, 3.8) is 0 Å². The fourth-order valence-corrected chi connectivity index (χ4v) is 2.40. The number of hydrogen-bond donors (Lipinski definition) is 0.